The molecule has 2 aliphatic heterocycles. The fraction of sp³-hybridized carbons (Fsp3) is 0.169. The molecular formula is C65H55BN2. The van der Waals surface area contributed by atoms with Gasteiger partial charge in [-0.15, -0.1) is 0 Å². The molecule has 9 aromatic carbocycles. The summed E-state index contributed by atoms with van der Waals surface area (Å²) in [5.74, 6) is 0. The second-order valence-corrected chi connectivity index (χ2v) is 19.8. The molecule has 328 valence electrons. The molecular weight excluding hydrogens is 820 g/mol. The first-order valence-corrected chi connectivity index (χ1v) is 25.2. The molecule has 2 aliphatic carbocycles. The first kappa shape index (κ1) is 40.9. The van der Waals surface area contributed by atoms with Crippen LogP contribution in [0.15, 0.2) is 194 Å². The van der Waals surface area contributed by atoms with Gasteiger partial charge in [-0.3, -0.25) is 0 Å². The third-order valence-electron chi connectivity index (χ3n) is 15.4. The van der Waals surface area contributed by atoms with Crippen molar-refractivity contribution in [1.29, 1.82) is 0 Å². The van der Waals surface area contributed by atoms with Crippen molar-refractivity contribution >= 4 is 57.2 Å². The summed E-state index contributed by atoms with van der Waals surface area (Å²) >= 11 is 0. The van der Waals surface area contributed by atoms with Gasteiger partial charge in [0.25, 0.3) is 6.71 Å². The van der Waals surface area contributed by atoms with Crippen molar-refractivity contribution in [2.75, 3.05) is 9.80 Å². The van der Waals surface area contributed by atoms with Gasteiger partial charge in [0.15, 0.2) is 0 Å². The molecule has 0 fully saturated rings. The van der Waals surface area contributed by atoms with Crippen LogP contribution in [0.25, 0.3) is 44.5 Å². The normalized spacial score (nSPS) is 14.8. The molecule has 3 heteroatoms. The van der Waals surface area contributed by atoms with Crippen molar-refractivity contribution < 1.29 is 0 Å². The van der Waals surface area contributed by atoms with Gasteiger partial charge in [-0.2, -0.15) is 0 Å². The first-order chi connectivity index (χ1) is 33.6. The number of hydrogen-bond donors (Lipinski definition) is 0. The van der Waals surface area contributed by atoms with Crippen LogP contribution in [0.5, 0.6) is 0 Å². The Balaban J connectivity index is 1.12. The second kappa shape index (κ2) is 17.1. The Bertz CT molecular complexity index is 3020. The molecule has 4 aliphatic rings. The summed E-state index contributed by atoms with van der Waals surface area (Å²) in [5, 5.41) is 0. The third kappa shape index (κ3) is 7.19. The summed E-state index contributed by atoms with van der Waals surface area (Å²) in [6.45, 7) is 2.39. The van der Waals surface area contributed by atoms with E-state index in [-0.39, 0.29) is 6.71 Å². The Hall–Kier alpha value is -7.36. The van der Waals surface area contributed by atoms with Crippen LogP contribution in [-0.4, -0.2) is 6.71 Å². The molecule has 0 amide bonds. The maximum absolute atomic E-state index is 2.67. The van der Waals surface area contributed by atoms with Gasteiger partial charge in [-0.05, 0) is 208 Å². The van der Waals surface area contributed by atoms with Crippen LogP contribution in [0.2, 0.25) is 0 Å². The number of fused-ring (bicyclic) bond motifs is 6. The Kier molecular flexibility index (Phi) is 10.3. The molecule has 0 unspecified atom stereocenters. The molecule has 0 atom stereocenters. The summed E-state index contributed by atoms with van der Waals surface area (Å²) in [4.78, 5) is 5.34. The smallest absolute Gasteiger partial charge is 0.252 e. The third-order valence-corrected chi connectivity index (χ3v) is 15.4. The Morgan fingerprint density at radius 3 is 0.971 bits per heavy atom. The highest BCUT2D eigenvalue weighted by molar-refractivity contribution is 7.00. The summed E-state index contributed by atoms with van der Waals surface area (Å²) in [6.07, 6.45) is 12.1. The van der Waals surface area contributed by atoms with Gasteiger partial charge >= 0.3 is 0 Å². The van der Waals surface area contributed by atoms with Gasteiger partial charge in [-0.25, -0.2) is 0 Å². The summed E-state index contributed by atoms with van der Waals surface area (Å²) in [5.41, 5.74) is 29.1. The fourth-order valence-corrected chi connectivity index (χ4v) is 12.2. The zero-order valence-corrected chi connectivity index (χ0v) is 39.0. The van der Waals surface area contributed by atoms with Crippen molar-refractivity contribution in [1.82, 2.24) is 0 Å². The summed E-state index contributed by atoms with van der Waals surface area (Å²) in [6, 6.07) is 74.1. The van der Waals surface area contributed by atoms with E-state index in [1.807, 2.05) is 0 Å². The van der Waals surface area contributed by atoms with Crippen LogP contribution in [0, 0.1) is 6.92 Å². The molecule has 0 saturated heterocycles. The van der Waals surface area contributed by atoms with Crippen molar-refractivity contribution in [2.45, 2.75) is 71.1 Å². The molecule has 13 rings (SSSR count). The lowest BCUT2D eigenvalue weighted by atomic mass is 9.33. The van der Waals surface area contributed by atoms with Gasteiger partial charge in [-0.1, -0.05) is 146 Å². The number of nitrogens with zero attached hydrogens (tertiary/aromatic N) is 2. The van der Waals surface area contributed by atoms with Crippen molar-refractivity contribution in [3.05, 3.63) is 222 Å². The fourth-order valence-electron chi connectivity index (χ4n) is 12.2. The van der Waals surface area contributed by atoms with Crippen LogP contribution in [0.1, 0.15) is 66.3 Å². The van der Waals surface area contributed by atoms with Gasteiger partial charge in [0.2, 0.25) is 0 Å². The van der Waals surface area contributed by atoms with E-state index in [2.05, 4.69) is 211 Å². The van der Waals surface area contributed by atoms with Crippen LogP contribution < -0.4 is 26.2 Å². The average Bonchev–Trinajstić information content (AvgIpc) is 3.78. The van der Waals surface area contributed by atoms with E-state index in [1.165, 1.54) is 150 Å². The number of benzene rings is 9. The lowest BCUT2D eigenvalue weighted by molar-refractivity contribution is 0.711. The van der Waals surface area contributed by atoms with Crippen LogP contribution in [0.3, 0.4) is 0 Å². The zero-order chi connectivity index (χ0) is 45.1. The Morgan fingerprint density at radius 2 is 0.632 bits per heavy atom. The van der Waals surface area contributed by atoms with E-state index in [0.29, 0.717) is 0 Å². The highest BCUT2D eigenvalue weighted by Gasteiger charge is 2.44. The number of rotatable bonds is 6. The molecule has 0 spiro atoms. The quantitative estimate of drug-likeness (QED) is 0.121. The van der Waals surface area contributed by atoms with Crippen LogP contribution >= 0.6 is 0 Å². The molecule has 9 aromatic rings. The molecule has 2 heterocycles. The predicted molar refractivity (Wildman–Crippen MR) is 289 cm³/mol. The molecule has 0 radical (unpaired) electrons. The van der Waals surface area contributed by atoms with E-state index in [9.17, 15) is 0 Å². The second-order valence-electron chi connectivity index (χ2n) is 19.8. The van der Waals surface area contributed by atoms with E-state index in [4.69, 9.17) is 0 Å². The average molecular weight is 875 g/mol. The standard InChI is InChI=1S/C65H55BN2/c1-44-32-63-65-64(33-44)68(58-38-55(47-24-12-4-13-25-47)35-56(39-58)48-26-14-5-15-27-48)62-43-52-31-19-7-17-29-50(52)41-60(62)66(65)59-40-49-28-16-6-18-30-51(49)42-61(59)67(63)57-36-53(45-20-8-2-9-21-45)34-54(37-57)46-22-10-3-11-23-46/h2-5,8-15,20-27,32-43H,6-7,16-19,28-31H2,1H3. The highest BCUT2D eigenvalue weighted by Crippen LogP contribution is 2.48. The topological polar surface area (TPSA) is 6.48 Å². The maximum Gasteiger partial charge on any atom is 0.252 e. The van der Waals surface area contributed by atoms with E-state index in [1.54, 1.807) is 11.1 Å². The van der Waals surface area contributed by atoms with Gasteiger partial charge < -0.3 is 9.80 Å². The minimum atomic E-state index is 0.0806. The number of anilines is 6. The SMILES string of the molecule is Cc1cc2c3c(c1)N(c1cc(-c4ccccc4)cc(-c4ccccc4)c1)c1cc4c(cc1B3c1cc3c(cc1N2c1cc(-c2ccccc2)cc(-c2ccccc2)c1)CCCCC3)CCCCC4. The monoisotopic (exact) mass is 874 g/mol. The number of aryl methyl sites for hydroxylation is 5. The molecule has 68 heavy (non-hydrogen) atoms. The van der Waals surface area contributed by atoms with Crippen molar-refractivity contribution in [3.63, 3.8) is 0 Å². The van der Waals surface area contributed by atoms with Crippen LogP contribution in [-0.2, 0) is 25.7 Å². The Labute approximate surface area is 402 Å². The molecule has 0 bridgehead atoms. The van der Waals surface area contributed by atoms with E-state index in [0.717, 1.165) is 25.7 Å². The lowest BCUT2D eigenvalue weighted by Crippen LogP contribution is -2.61. The minimum absolute atomic E-state index is 0.0806. The van der Waals surface area contributed by atoms with E-state index >= 15 is 0 Å². The van der Waals surface area contributed by atoms with Crippen molar-refractivity contribution in [3.8, 4) is 44.5 Å². The largest absolute Gasteiger partial charge is 0.311 e. The maximum atomic E-state index is 2.67. The summed E-state index contributed by atoms with van der Waals surface area (Å²) < 4.78 is 0. The van der Waals surface area contributed by atoms with Crippen LogP contribution in [0.4, 0.5) is 34.1 Å². The Morgan fingerprint density at radius 1 is 0.309 bits per heavy atom. The molecule has 0 saturated carbocycles. The van der Waals surface area contributed by atoms with Gasteiger partial charge in [0.05, 0.1) is 0 Å². The predicted octanol–water partition coefficient (Wildman–Crippen LogP) is 15.3. The van der Waals surface area contributed by atoms with Gasteiger partial charge in [0, 0.05) is 34.1 Å². The number of hydrogen-bond acceptors (Lipinski definition) is 2. The molecule has 0 aromatic heterocycles. The van der Waals surface area contributed by atoms with Crippen molar-refractivity contribution in [2.24, 2.45) is 0 Å². The molecule has 0 N–H and O–H groups in total. The zero-order valence-electron chi connectivity index (χ0n) is 39.0. The minimum Gasteiger partial charge on any atom is -0.311 e. The highest BCUT2D eigenvalue weighted by atomic mass is 15.2. The van der Waals surface area contributed by atoms with E-state index < -0.39 is 0 Å². The first-order valence-electron chi connectivity index (χ1n) is 25.2. The summed E-state index contributed by atoms with van der Waals surface area (Å²) in [7, 11) is 0. The molecule has 2 nitrogen and oxygen atoms in total. The van der Waals surface area contributed by atoms with Gasteiger partial charge in [0.1, 0.15) is 0 Å². The lowest BCUT2D eigenvalue weighted by Gasteiger charge is -2.45.